The van der Waals surface area contributed by atoms with Crippen LogP contribution in [-0.4, -0.2) is 353 Å². The van der Waals surface area contributed by atoms with Crippen molar-refractivity contribution in [3.63, 3.8) is 0 Å². The molecule has 41 nitrogen and oxygen atoms in total. The molecular formula is C73H123N5O36P2. The van der Waals surface area contributed by atoms with Crippen molar-refractivity contribution < 1.29 is 174 Å². The first-order chi connectivity index (χ1) is 54.8. The summed E-state index contributed by atoms with van der Waals surface area (Å²) >= 11 is 0. The Bertz CT molecular complexity index is 3020. The number of aliphatic hydroxyl groups excluding tert-OH is 10. The van der Waals surface area contributed by atoms with Gasteiger partial charge in [-0.3, -0.25) is 57.3 Å². The Labute approximate surface area is 672 Å². The van der Waals surface area contributed by atoms with Crippen molar-refractivity contribution in [3.05, 3.63) is 0 Å². The average molecular weight is 1710 g/mol. The first-order valence-corrected chi connectivity index (χ1v) is 42.9. The highest BCUT2D eigenvalue weighted by Gasteiger charge is 2.49. The van der Waals surface area contributed by atoms with Gasteiger partial charge in [-0.1, -0.05) is 0 Å². The summed E-state index contributed by atoms with van der Waals surface area (Å²) in [4.78, 5) is 164. The molecule has 3 aliphatic heterocycles. The van der Waals surface area contributed by atoms with E-state index in [0.29, 0.717) is 0 Å². The maximum atomic E-state index is 14.4. The first kappa shape index (κ1) is 101. The van der Waals surface area contributed by atoms with Crippen molar-refractivity contribution in [2.24, 2.45) is 17.8 Å². The number of rotatable bonds is 57. The van der Waals surface area contributed by atoms with Crippen molar-refractivity contribution in [1.29, 1.82) is 0 Å². The summed E-state index contributed by atoms with van der Waals surface area (Å²) in [6.45, 7) is 0.611. The van der Waals surface area contributed by atoms with Crippen LogP contribution >= 0.6 is 15.2 Å². The second-order valence-electron chi connectivity index (χ2n) is 30.2. The van der Waals surface area contributed by atoms with Gasteiger partial charge in [0.25, 0.3) is 0 Å². The molecule has 10 unspecified atom stereocenters. The van der Waals surface area contributed by atoms with E-state index < -0.39 is 236 Å². The number of ketones is 6. The normalized spacial score (nSPS) is 30.2. The third kappa shape index (κ3) is 35.9. The number of ether oxygens (including phenoxy) is 9. The SMILES string of the molecule is C=P(O)(OC[C@@H]1C[C@@H](O)CC1C(=O)CCC(=O)NC(COCCC(=O)CCCC(=O)CCO[C@@H]1OC(CO)[C@H](O)[C@H](O)C1NC(C)=O)(COCCC(=O)CCCC(=O)CCO[C@@H]1CC(CO)[C@H](O)[C@H](O)C1NC(C)=O)COCCC(=O)NCCC(=O)CCO[C@@H]1OC(CO)[C@H](O)[C@H](O)C1NC(C)=O)O[C@H]1C[C@H](C)O[C@@H]1COP(C)(=O)O. The number of carbonyl (C=O) groups is 11. The van der Waals surface area contributed by atoms with E-state index in [-0.39, 0.29) is 197 Å². The molecule has 17 N–H and O–H groups in total. The minimum absolute atomic E-state index is 0.0346. The molecule has 5 fully saturated rings. The van der Waals surface area contributed by atoms with Crippen LogP contribution in [0.1, 0.15) is 150 Å². The van der Waals surface area contributed by atoms with E-state index in [1.165, 1.54) is 13.8 Å². The average Bonchev–Trinajstić information content (AvgIpc) is 1.00. The van der Waals surface area contributed by atoms with Gasteiger partial charge in [-0.05, 0) is 51.2 Å². The number of amides is 5. The Hall–Kier alpha value is -5.06. The van der Waals surface area contributed by atoms with Gasteiger partial charge in [-0.15, -0.1) is 0 Å². The number of hydrogen-bond acceptors (Lipinski definition) is 35. The van der Waals surface area contributed by atoms with Crippen LogP contribution in [0.15, 0.2) is 0 Å². The van der Waals surface area contributed by atoms with E-state index in [1.807, 2.05) is 0 Å². The van der Waals surface area contributed by atoms with Crippen LogP contribution in [-0.2, 0) is 114 Å². The molecular weight excluding hydrogens is 1580 g/mol. The fourth-order valence-corrected chi connectivity index (χ4v) is 15.6. The van der Waals surface area contributed by atoms with E-state index in [0.717, 1.165) is 13.6 Å². The van der Waals surface area contributed by atoms with Gasteiger partial charge in [0, 0.05) is 142 Å². The van der Waals surface area contributed by atoms with Crippen LogP contribution in [0, 0.1) is 17.8 Å². The van der Waals surface area contributed by atoms with Gasteiger partial charge in [-0.2, -0.15) is 0 Å². The van der Waals surface area contributed by atoms with Gasteiger partial charge in [0.2, 0.25) is 37.1 Å². The largest absolute Gasteiger partial charge is 0.396 e. The summed E-state index contributed by atoms with van der Waals surface area (Å²) in [5, 5.41) is 116. The molecule has 0 aromatic carbocycles. The summed E-state index contributed by atoms with van der Waals surface area (Å²) in [7, 11) is -7.84. The molecule has 0 aromatic rings. The van der Waals surface area contributed by atoms with Crippen LogP contribution in [0.2, 0.25) is 0 Å². The van der Waals surface area contributed by atoms with Crippen molar-refractivity contribution in [3.8, 4) is 0 Å². The Balaban J connectivity index is 1.25. The van der Waals surface area contributed by atoms with E-state index in [4.69, 9.17) is 56.2 Å². The van der Waals surface area contributed by atoms with Gasteiger partial charge in [0.1, 0.15) is 101 Å². The van der Waals surface area contributed by atoms with Crippen molar-refractivity contribution >= 4 is 85.7 Å². The Morgan fingerprint density at radius 2 is 0.922 bits per heavy atom. The number of Topliss-reactive ketones (excluding diaryl/α,β-unsaturated/α-hetero) is 6. The van der Waals surface area contributed by atoms with E-state index in [9.17, 15) is 118 Å². The van der Waals surface area contributed by atoms with Gasteiger partial charge in [0.05, 0.1) is 122 Å². The maximum absolute atomic E-state index is 14.4. The summed E-state index contributed by atoms with van der Waals surface area (Å²) in [6, 6.07) is -3.50. The number of hydrogen-bond donors (Lipinski definition) is 17. The molecule has 116 heavy (non-hydrogen) atoms. The lowest BCUT2D eigenvalue weighted by Crippen LogP contribution is -2.64. The predicted octanol–water partition coefficient (Wildman–Crippen LogP) is -4.20. The zero-order valence-corrected chi connectivity index (χ0v) is 68.2. The molecule has 5 rings (SSSR count). The molecule has 3 heterocycles. The molecule has 3 saturated heterocycles. The summed E-state index contributed by atoms with van der Waals surface area (Å²) in [5.41, 5.74) is -1.73. The smallest absolute Gasteiger partial charge is 0.325 e. The Morgan fingerprint density at radius 3 is 1.40 bits per heavy atom. The molecule has 43 heteroatoms. The van der Waals surface area contributed by atoms with E-state index in [2.05, 4.69) is 32.9 Å². The lowest BCUT2D eigenvalue weighted by molar-refractivity contribution is -0.269. The quantitative estimate of drug-likeness (QED) is 0.0203. The summed E-state index contributed by atoms with van der Waals surface area (Å²) in [5.74, 6) is -7.51. The molecule has 666 valence electrons. The highest BCUT2D eigenvalue weighted by atomic mass is 31.2. The molecule has 24 atom stereocenters. The number of aliphatic hydroxyl groups is 10. The number of nitrogens with one attached hydrogen (secondary N) is 5. The fourth-order valence-electron chi connectivity index (χ4n) is 14.1. The lowest BCUT2D eigenvalue weighted by atomic mass is 9.79. The molecule has 5 amide bonds. The van der Waals surface area contributed by atoms with Gasteiger partial charge < -0.3 is 144 Å². The van der Waals surface area contributed by atoms with Crippen LogP contribution in [0.25, 0.3) is 0 Å². The highest BCUT2D eigenvalue weighted by molar-refractivity contribution is 7.58. The Kier molecular flexibility index (Phi) is 44.6. The lowest BCUT2D eigenvalue weighted by Gasteiger charge is -2.42. The standard InChI is InChI=1S/C73H123N5O36P2/c1-41-29-55(59(111-41)37-109-115(5,100)101)114-116(6,102)110-36-46-30-52(90)32-53(46)54(91)13-14-61(93)78-73(38-103-23-16-47(85)9-7-11-49(87)18-26-106-56-31-45(33-79)65(94)68(97)62(56)75-42(2)82,39-104-24-17-48(86)10-8-12-50(88)19-27-107-71-63(76-43(3)83)69(98)66(95)57(34-80)112-71)40-105-25-21-60(92)74-22-15-51(89)20-28-108-72-64(77-44(4)84)70(99)67(96)58(35-81)113-72/h41,45-46,52-53,55-59,62-72,79-81,90,94-99,102H,6-40H2,1-5H3,(H,74,92)(H,75,82)(H,76,83)(H,77,84)(H,78,93)(H,100,101)/t41-,45?,46-,52+,53?,55-,56+,57?,58?,59+,62?,63?,64?,65-,66-,67-,68+,69+,70+,71+,72+,73?,116?/m0/s1. The van der Waals surface area contributed by atoms with Crippen molar-refractivity contribution in [2.75, 3.05) is 106 Å². The molecule has 0 aromatic heterocycles. The molecule has 0 spiro atoms. The second-order valence-corrected chi connectivity index (χ2v) is 33.9. The second kappa shape index (κ2) is 51.0. The van der Waals surface area contributed by atoms with Gasteiger partial charge in [-0.25, -0.2) is 0 Å². The Morgan fingerprint density at radius 1 is 0.466 bits per heavy atom. The molecule has 0 radical (unpaired) electrons. The van der Waals surface area contributed by atoms with Crippen molar-refractivity contribution in [2.45, 2.75) is 265 Å². The zero-order chi connectivity index (χ0) is 86.0. The van der Waals surface area contributed by atoms with Crippen LogP contribution < -0.4 is 26.6 Å². The van der Waals surface area contributed by atoms with Gasteiger partial charge in [0.15, 0.2) is 12.6 Å². The third-order valence-electron chi connectivity index (χ3n) is 20.2. The topological polar surface area (TPSA) is 619 Å². The van der Waals surface area contributed by atoms with Crippen LogP contribution in [0.4, 0.5) is 0 Å². The highest BCUT2D eigenvalue weighted by Crippen LogP contribution is 2.49. The minimum atomic E-state index is -3.93. The maximum Gasteiger partial charge on any atom is 0.325 e. The minimum Gasteiger partial charge on any atom is -0.396 e. The fraction of sp³-hybridized carbons (Fsp3) is 0.836. The molecule has 5 aliphatic rings. The third-order valence-corrected chi connectivity index (χ3v) is 22.0. The molecule has 2 aliphatic carbocycles. The monoisotopic (exact) mass is 1710 g/mol. The number of carbonyl (C=O) groups excluding carboxylic acids is 11. The van der Waals surface area contributed by atoms with Crippen molar-refractivity contribution in [1.82, 2.24) is 26.6 Å². The summed E-state index contributed by atoms with van der Waals surface area (Å²) in [6.07, 6.45) is -16.6. The molecule has 2 saturated carbocycles. The van der Waals surface area contributed by atoms with Crippen LogP contribution in [0.3, 0.4) is 0 Å². The molecule has 0 bridgehead atoms. The zero-order valence-electron chi connectivity index (χ0n) is 66.4. The van der Waals surface area contributed by atoms with Crippen LogP contribution in [0.5, 0.6) is 0 Å². The van der Waals surface area contributed by atoms with Gasteiger partial charge >= 0.3 is 7.60 Å². The van der Waals surface area contributed by atoms with E-state index in [1.54, 1.807) is 6.92 Å². The predicted molar refractivity (Wildman–Crippen MR) is 403 cm³/mol. The first-order valence-electron chi connectivity index (χ1n) is 39.1. The van der Waals surface area contributed by atoms with E-state index >= 15 is 0 Å². The summed E-state index contributed by atoms with van der Waals surface area (Å²) < 4.78 is 80.7.